The van der Waals surface area contributed by atoms with E-state index in [4.69, 9.17) is 11.6 Å². The van der Waals surface area contributed by atoms with E-state index in [1.807, 2.05) is 54.6 Å². The van der Waals surface area contributed by atoms with E-state index in [1.54, 1.807) is 12.1 Å². The van der Waals surface area contributed by atoms with Crippen LogP contribution in [0.5, 0.6) is 0 Å². The lowest BCUT2D eigenvalue weighted by Crippen LogP contribution is -2.02. The minimum atomic E-state index is -0.995. The number of halogens is 1. The standard InChI is InChI=1S/C19H14ClNO2/c20-15-8-11-17(19(22)23)18(12-15)21-16-9-6-14(7-10-16)13-4-2-1-3-5-13/h1-12,21H,(H,22,23). The molecule has 3 rings (SSSR count). The Labute approximate surface area is 139 Å². The van der Waals surface area contributed by atoms with Crippen molar-refractivity contribution >= 4 is 28.9 Å². The molecule has 0 atom stereocenters. The maximum Gasteiger partial charge on any atom is 0.337 e. The van der Waals surface area contributed by atoms with Crippen LogP contribution in [0.3, 0.4) is 0 Å². The van der Waals surface area contributed by atoms with Crippen molar-refractivity contribution in [3.8, 4) is 11.1 Å². The summed E-state index contributed by atoms with van der Waals surface area (Å²) in [5.41, 5.74) is 3.68. The van der Waals surface area contributed by atoms with Gasteiger partial charge in [0.15, 0.2) is 0 Å². The van der Waals surface area contributed by atoms with Crippen LogP contribution < -0.4 is 5.32 Å². The molecule has 0 radical (unpaired) electrons. The van der Waals surface area contributed by atoms with E-state index in [-0.39, 0.29) is 5.56 Å². The summed E-state index contributed by atoms with van der Waals surface area (Å²) in [4.78, 5) is 11.3. The highest BCUT2D eigenvalue weighted by atomic mass is 35.5. The van der Waals surface area contributed by atoms with E-state index in [1.165, 1.54) is 6.07 Å². The highest BCUT2D eigenvalue weighted by Gasteiger charge is 2.10. The van der Waals surface area contributed by atoms with Crippen molar-refractivity contribution in [1.29, 1.82) is 0 Å². The van der Waals surface area contributed by atoms with Gasteiger partial charge in [-0.1, -0.05) is 54.1 Å². The molecule has 0 saturated carbocycles. The zero-order chi connectivity index (χ0) is 16.2. The van der Waals surface area contributed by atoms with Crippen LogP contribution in [-0.4, -0.2) is 11.1 Å². The van der Waals surface area contributed by atoms with Gasteiger partial charge >= 0.3 is 5.97 Å². The Hall–Kier alpha value is -2.78. The average molecular weight is 324 g/mol. The molecule has 0 unspecified atom stereocenters. The van der Waals surface area contributed by atoms with Crippen LogP contribution in [-0.2, 0) is 0 Å². The first-order chi connectivity index (χ1) is 11.1. The molecule has 0 spiro atoms. The molecular weight excluding hydrogens is 310 g/mol. The van der Waals surface area contributed by atoms with E-state index in [9.17, 15) is 9.90 Å². The molecule has 4 heteroatoms. The Kier molecular flexibility index (Phi) is 4.31. The number of carboxylic acid groups (broad SMARTS) is 1. The molecule has 0 heterocycles. The van der Waals surface area contributed by atoms with Crippen molar-refractivity contribution in [2.75, 3.05) is 5.32 Å². The van der Waals surface area contributed by atoms with Crippen LogP contribution in [0.15, 0.2) is 72.8 Å². The fourth-order valence-electron chi connectivity index (χ4n) is 2.34. The lowest BCUT2D eigenvalue weighted by molar-refractivity contribution is 0.0698. The fraction of sp³-hybridized carbons (Fsp3) is 0. The number of anilines is 2. The zero-order valence-electron chi connectivity index (χ0n) is 12.2. The smallest absolute Gasteiger partial charge is 0.337 e. The maximum atomic E-state index is 11.3. The van der Waals surface area contributed by atoms with Gasteiger partial charge in [0, 0.05) is 10.7 Å². The molecule has 0 aliphatic carbocycles. The third kappa shape index (κ3) is 3.52. The number of carboxylic acids is 1. The van der Waals surface area contributed by atoms with Crippen LogP contribution in [0.25, 0.3) is 11.1 Å². The summed E-state index contributed by atoms with van der Waals surface area (Å²) in [6.07, 6.45) is 0. The Morgan fingerprint density at radius 2 is 1.52 bits per heavy atom. The fourth-order valence-corrected chi connectivity index (χ4v) is 2.51. The van der Waals surface area contributed by atoms with Crippen LogP contribution >= 0.6 is 11.6 Å². The largest absolute Gasteiger partial charge is 0.478 e. The molecule has 3 aromatic rings. The molecule has 0 aliphatic heterocycles. The van der Waals surface area contributed by atoms with Gasteiger partial charge in [0.2, 0.25) is 0 Å². The second-order valence-electron chi connectivity index (χ2n) is 5.06. The van der Waals surface area contributed by atoms with Crippen molar-refractivity contribution < 1.29 is 9.90 Å². The molecule has 0 aromatic heterocycles. The second kappa shape index (κ2) is 6.55. The molecule has 114 valence electrons. The number of hydrogen-bond acceptors (Lipinski definition) is 2. The summed E-state index contributed by atoms with van der Waals surface area (Å²) in [6.45, 7) is 0. The molecule has 0 aliphatic rings. The van der Waals surface area contributed by atoms with Gasteiger partial charge in [-0.25, -0.2) is 4.79 Å². The summed E-state index contributed by atoms with van der Waals surface area (Å²) in [6, 6.07) is 22.5. The van der Waals surface area contributed by atoms with Crippen molar-refractivity contribution in [2.24, 2.45) is 0 Å². The summed E-state index contributed by atoms with van der Waals surface area (Å²) in [7, 11) is 0. The van der Waals surface area contributed by atoms with E-state index < -0.39 is 5.97 Å². The summed E-state index contributed by atoms with van der Waals surface area (Å²) >= 11 is 5.96. The Bertz CT molecular complexity index is 830. The maximum absolute atomic E-state index is 11.3. The molecule has 2 N–H and O–H groups in total. The van der Waals surface area contributed by atoms with Gasteiger partial charge < -0.3 is 10.4 Å². The van der Waals surface area contributed by atoms with Gasteiger partial charge in [0.1, 0.15) is 0 Å². The molecule has 0 fully saturated rings. The van der Waals surface area contributed by atoms with E-state index in [0.717, 1.165) is 16.8 Å². The SMILES string of the molecule is O=C(O)c1ccc(Cl)cc1Nc1ccc(-c2ccccc2)cc1. The monoisotopic (exact) mass is 323 g/mol. The minimum absolute atomic E-state index is 0.182. The van der Waals surface area contributed by atoms with E-state index in [0.29, 0.717) is 10.7 Å². The topological polar surface area (TPSA) is 49.3 Å². The predicted molar refractivity (Wildman–Crippen MR) is 93.6 cm³/mol. The number of nitrogens with one attached hydrogen (secondary N) is 1. The first-order valence-corrected chi connectivity index (χ1v) is 7.46. The number of benzene rings is 3. The van der Waals surface area contributed by atoms with Crippen LogP contribution in [0.2, 0.25) is 5.02 Å². The number of aromatic carboxylic acids is 1. The Balaban J connectivity index is 1.87. The first kappa shape index (κ1) is 15.1. The highest BCUT2D eigenvalue weighted by molar-refractivity contribution is 6.31. The Morgan fingerprint density at radius 1 is 0.870 bits per heavy atom. The Morgan fingerprint density at radius 3 is 2.17 bits per heavy atom. The average Bonchev–Trinajstić information content (AvgIpc) is 2.56. The molecule has 0 bridgehead atoms. The molecule has 3 aromatic carbocycles. The van der Waals surface area contributed by atoms with Gasteiger partial charge in [-0.05, 0) is 41.5 Å². The van der Waals surface area contributed by atoms with Crippen molar-refractivity contribution in [3.05, 3.63) is 83.4 Å². The lowest BCUT2D eigenvalue weighted by atomic mass is 10.1. The summed E-state index contributed by atoms with van der Waals surface area (Å²) in [5.74, 6) is -0.995. The molecule has 0 amide bonds. The number of carbonyl (C=O) groups is 1. The molecular formula is C19H14ClNO2. The first-order valence-electron chi connectivity index (χ1n) is 7.09. The van der Waals surface area contributed by atoms with Crippen LogP contribution in [0.1, 0.15) is 10.4 Å². The van der Waals surface area contributed by atoms with Gasteiger partial charge in [-0.3, -0.25) is 0 Å². The predicted octanol–water partition coefficient (Wildman–Crippen LogP) is 5.45. The summed E-state index contributed by atoms with van der Waals surface area (Å²) < 4.78 is 0. The molecule has 0 saturated heterocycles. The van der Waals surface area contributed by atoms with Crippen molar-refractivity contribution in [3.63, 3.8) is 0 Å². The van der Waals surface area contributed by atoms with Crippen molar-refractivity contribution in [2.45, 2.75) is 0 Å². The molecule has 3 nitrogen and oxygen atoms in total. The minimum Gasteiger partial charge on any atom is -0.478 e. The summed E-state index contributed by atoms with van der Waals surface area (Å²) in [5, 5.41) is 12.8. The normalized spacial score (nSPS) is 10.3. The van der Waals surface area contributed by atoms with E-state index in [2.05, 4.69) is 5.32 Å². The van der Waals surface area contributed by atoms with E-state index >= 15 is 0 Å². The lowest BCUT2D eigenvalue weighted by Gasteiger charge is -2.11. The van der Waals surface area contributed by atoms with Gasteiger partial charge in [-0.2, -0.15) is 0 Å². The quantitative estimate of drug-likeness (QED) is 0.671. The number of hydrogen-bond donors (Lipinski definition) is 2. The zero-order valence-corrected chi connectivity index (χ0v) is 12.9. The third-order valence-corrected chi connectivity index (χ3v) is 3.72. The van der Waals surface area contributed by atoms with Crippen LogP contribution in [0.4, 0.5) is 11.4 Å². The third-order valence-electron chi connectivity index (χ3n) is 3.48. The van der Waals surface area contributed by atoms with Gasteiger partial charge in [0.25, 0.3) is 0 Å². The highest BCUT2D eigenvalue weighted by Crippen LogP contribution is 2.27. The van der Waals surface area contributed by atoms with Gasteiger partial charge in [-0.15, -0.1) is 0 Å². The second-order valence-corrected chi connectivity index (χ2v) is 5.50. The van der Waals surface area contributed by atoms with Crippen molar-refractivity contribution in [1.82, 2.24) is 0 Å². The van der Waals surface area contributed by atoms with Crippen LogP contribution in [0, 0.1) is 0 Å². The molecule has 23 heavy (non-hydrogen) atoms. The van der Waals surface area contributed by atoms with Gasteiger partial charge in [0.05, 0.1) is 11.3 Å². The number of rotatable bonds is 4.